The monoisotopic (exact) mass is 253 g/mol. The van der Waals surface area contributed by atoms with Gasteiger partial charge in [0.25, 0.3) is 0 Å². The van der Waals surface area contributed by atoms with Gasteiger partial charge in [-0.3, -0.25) is 0 Å². The molecule has 0 spiro atoms. The van der Waals surface area contributed by atoms with E-state index < -0.39 is 0 Å². The largest absolute Gasteiger partial charge is 0.494 e. The topological polar surface area (TPSA) is 21.3 Å². The number of benzene rings is 1. The minimum Gasteiger partial charge on any atom is -0.494 e. The van der Waals surface area contributed by atoms with Gasteiger partial charge in [0.05, 0.1) is 7.11 Å². The molecule has 0 radical (unpaired) electrons. The van der Waals surface area contributed by atoms with Gasteiger partial charge in [0, 0.05) is 6.54 Å². The number of nitrogens with one attached hydrogen (secondary N) is 1. The lowest BCUT2D eigenvalue weighted by molar-refractivity contribution is 0.282. The summed E-state index contributed by atoms with van der Waals surface area (Å²) < 4.78 is 18.6. The number of halogens is 1. The summed E-state index contributed by atoms with van der Waals surface area (Å²) in [6.45, 7) is 5.37. The molecule has 0 aromatic heterocycles. The molecule has 1 rings (SSSR count). The lowest BCUT2D eigenvalue weighted by atomic mass is 9.79. The van der Waals surface area contributed by atoms with E-state index in [1.165, 1.54) is 7.11 Å². The van der Waals surface area contributed by atoms with E-state index >= 15 is 0 Å². The fraction of sp³-hybridized carbons (Fsp3) is 0.600. The van der Waals surface area contributed by atoms with E-state index in [4.69, 9.17) is 4.74 Å². The first-order valence-electron chi connectivity index (χ1n) is 6.51. The molecule has 102 valence electrons. The lowest BCUT2D eigenvalue weighted by Gasteiger charge is -2.29. The van der Waals surface area contributed by atoms with Gasteiger partial charge in [0.15, 0.2) is 11.6 Å². The smallest absolute Gasteiger partial charge is 0.165 e. The van der Waals surface area contributed by atoms with E-state index in [1.54, 1.807) is 12.1 Å². The Bertz CT molecular complexity index is 373. The van der Waals surface area contributed by atoms with Crippen molar-refractivity contribution in [3.63, 3.8) is 0 Å². The molecule has 0 fully saturated rings. The lowest BCUT2D eigenvalue weighted by Crippen LogP contribution is -2.31. The van der Waals surface area contributed by atoms with Gasteiger partial charge < -0.3 is 10.1 Å². The highest BCUT2D eigenvalue weighted by molar-refractivity contribution is 5.29. The van der Waals surface area contributed by atoms with Crippen LogP contribution in [0, 0.1) is 11.2 Å². The highest BCUT2D eigenvalue weighted by Crippen LogP contribution is 2.29. The Kier molecular flexibility index (Phi) is 5.60. The van der Waals surface area contributed by atoms with Crippen molar-refractivity contribution in [3.8, 4) is 5.75 Å². The highest BCUT2D eigenvalue weighted by Gasteiger charge is 2.23. The maximum atomic E-state index is 13.7. The zero-order valence-corrected chi connectivity index (χ0v) is 11.8. The predicted octanol–water partition coefficient (Wildman–Crippen LogP) is 3.40. The third kappa shape index (κ3) is 3.98. The van der Waals surface area contributed by atoms with E-state index in [9.17, 15) is 4.39 Å². The molecule has 3 heteroatoms. The van der Waals surface area contributed by atoms with Crippen molar-refractivity contribution < 1.29 is 9.13 Å². The van der Waals surface area contributed by atoms with Crippen molar-refractivity contribution in [3.05, 3.63) is 29.6 Å². The zero-order chi connectivity index (χ0) is 13.6. The van der Waals surface area contributed by atoms with Crippen LogP contribution < -0.4 is 10.1 Å². The van der Waals surface area contributed by atoms with Crippen LogP contribution in [0.4, 0.5) is 4.39 Å². The standard InChI is InChI=1S/C15H24FNO/c1-5-8-15(2,11-17-3)10-12-6-7-14(18-4)13(16)9-12/h6-7,9,17H,5,8,10-11H2,1-4H3. The molecule has 0 saturated carbocycles. The van der Waals surface area contributed by atoms with Crippen molar-refractivity contribution in [1.82, 2.24) is 5.32 Å². The molecule has 0 saturated heterocycles. The van der Waals surface area contributed by atoms with Crippen molar-refractivity contribution in [2.45, 2.75) is 33.1 Å². The second kappa shape index (κ2) is 6.74. The Morgan fingerprint density at radius 1 is 1.39 bits per heavy atom. The summed E-state index contributed by atoms with van der Waals surface area (Å²) in [5, 5.41) is 3.23. The fourth-order valence-electron chi connectivity index (χ4n) is 2.58. The van der Waals surface area contributed by atoms with Crippen LogP contribution >= 0.6 is 0 Å². The molecule has 0 amide bonds. The maximum Gasteiger partial charge on any atom is 0.165 e. The first-order valence-corrected chi connectivity index (χ1v) is 6.51. The van der Waals surface area contributed by atoms with Crippen LogP contribution in [-0.4, -0.2) is 20.7 Å². The molecule has 1 aromatic carbocycles. The highest BCUT2D eigenvalue weighted by atomic mass is 19.1. The molecule has 1 unspecified atom stereocenters. The number of hydrogen-bond acceptors (Lipinski definition) is 2. The van der Waals surface area contributed by atoms with Crippen LogP contribution in [0.2, 0.25) is 0 Å². The minimum absolute atomic E-state index is 0.171. The first kappa shape index (κ1) is 15.0. The summed E-state index contributed by atoms with van der Waals surface area (Å²) in [6.07, 6.45) is 3.14. The molecule has 0 heterocycles. The number of ether oxygens (including phenoxy) is 1. The first-order chi connectivity index (χ1) is 8.54. The van der Waals surface area contributed by atoms with Crippen molar-refractivity contribution >= 4 is 0 Å². The van der Waals surface area contributed by atoms with Crippen LogP contribution in [0.25, 0.3) is 0 Å². The van der Waals surface area contributed by atoms with Gasteiger partial charge >= 0.3 is 0 Å². The molecule has 0 aliphatic rings. The van der Waals surface area contributed by atoms with Gasteiger partial charge in [-0.2, -0.15) is 0 Å². The van der Waals surface area contributed by atoms with Gasteiger partial charge in [0.1, 0.15) is 0 Å². The summed E-state index contributed by atoms with van der Waals surface area (Å²) in [4.78, 5) is 0. The van der Waals surface area contributed by atoms with Crippen LogP contribution in [0.5, 0.6) is 5.75 Å². The Balaban J connectivity index is 2.83. The Hall–Kier alpha value is -1.09. The summed E-state index contributed by atoms with van der Waals surface area (Å²) in [5.74, 6) is 0.0304. The molecule has 2 nitrogen and oxygen atoms in total. The third-order valence-electron chi connectivity index (χ3n) is 3.30. The summed E-state index contributed by atoms with van der Waals surface area (Å²) in [5.41, 5.74) is 1.20. The van der Waals surface area contributed by atoms with Crippen molar-refractivity contribution in [2.24, 2.45) is 5.41 Å². The van der Waals surface area contributed by atoms with E-state index in [0.29, 0.717) is 5.75 Å². The molecule has 18 heavy (non-hydrogen) atoms. The van der Waals surface area contributed by atoms with Gasteiger partial charge in [-0.05, 0) is 43.0 Å². The van der Waals surface area contributed by atoms with Gasteiger partial charge in [0.2, 0.25) is 0 Å². The maximum absolute atomic E-state index is 13.7. The van der Waals surface area contributed by atoms with E-state index in [1.807, 2.05) is 13.1 Å². The number of rotatable bonds is 7. The molecule has 1 atom stereocenters. The summed E-state index contributed by atoms with van der Waals surface area (Å²) in [7, 11) is 3.45. The minimum atomic E-state index is -0.279. The van der Waals surface area contributed by atoms with Gasteiger partial charge in [-0.1, -0.05) is 26.3 Å². The number of methoxy groups -OCH3 is 1. The summed E-state index contributed by atoms with van der Waals surface area (Å²) >= 11 is 0. The Morgan fingerprint density at radius 2 is 2.11 bits per heavy atom. The third-order valence-corrected chi connectivity index (χ3v) is 3.30. The SMILES string of the molecule is CCCC(C)(CNC)Cc1ccc(OC)c(F)c1. The van der Waals surface area contributed by atoms with E-state index in [2.05, 4.69) is 19.2 Å². The van der Waals surface area contributed by atoms with Crippen LogP contribution in [0.15, 0.2) is 18.2 Å². The molecule has 0 aliphatic heterocycles. The Morgan fingerprint density at radius 3 is 2.61 bits per heavy atom. The van der Waals surface area contributed by atoms with E-state index in [0.717, 1.165) is 31.4 Å². The van der Waals surface area contributed by atoms with E-state index in [-0.39, 0.29) is 11.2 Å². The van der Waals surface area contributed by atoms with Crippen molar-refractivity contribution in [2.75, 3.05) is 20.7 Å². The molecule has 0 aliphatic carbocycles. The predicted molar refractivity (Wildman–Crippen MR) is 73.6 cm³/mol. The quantitative estimate of drug-likeness (QED) is 0.804. The van der Waals surface area contributed by atoms with Gasteiger partial charge in [-0.25, -0.2) is 4.39 Å². The number of hydrogen-bond donors (Lipinski definition) is 1. The molecule has 0 bridgehead atoms. The van der Waals surface area contributed by atoms with Gasteiger partial charge in [-0.15, -0.1) is 0 Å². The molecular weight excluding hydrogens is 229 g/mol. The molecule has 1 N–H and O–H groups in total. The molecular formula is C15H24FNO. The van der Waals surface area contributed by atoms with Crippen LogP contribution in [0.3, 0.4) is 0 Å². The van der Waals surface area contributed by atoms with Crippen molar-refractivity contribution in [1.29, 1.82) is 0 Å². The van der Waals surface area contributed by atoms with Crippen LogP contribution in [0.1, 0.15) is 32.3 Å². The Labute approximate surface area is 110 Å². The van der Waals surface area contributed by atoms with Crippen LogP contribution in [-0.2, 0) is 6.42 Å². The summed E-state index contributed by atoms with van der Waals surface area (Å²) in [6, 6.07) is 5.24. The average Bonchev–Trinajstić information content (AvgIpc) is 2.29. The fourth-order valence-corrected chi connectivity index (χ4v) is 2.58. The normalized spacial score (nSPS) is 14.3. The molecule has 1 aromatic rings. The average molecular weight is 253 g/mol. The zero-order valence-electron chi connectivity index (χ0n) is 11.8. The second-order valence-corrected chi connectivity index (χ2v) is 5.24. The second-order valence-electron chi connectivity index (χ2n) is 5.24.